The van der Waals surface area contributed by atoms with E-state index in [1.807, 2.05) is 6.92 Å². The minimum atomic E-state index is -0.508. The van der Waals surface area contributed by atoms with Gasteiger partial charge in [0.15, 0.2) is 11.5 Å². The zero-order valence-electron chi connectivity index (χ0n) is 12.7. The number of nitro groups is 1. The number of benzene rings is 2. The lowest BCUT2D eigenvalue weighted by atomic mass is 10.2. The van der Waals surface area contributed by atoms with E-state index in [1.165, 1.54) is 31.5 Å². The van der Waals surface area contributed by atoms with E-state index in [0.717, 1.165) is 0 Å². The third kappa shape index (κ3) is 3.76. The first-order valence-electron chi connectivity index (χ1n) is 6.88. The van der Waals surface area contributed by atoms with E-state index in [2.05, 4.69) is 4.99 Å². The molecule has 0 unspecified atom stereocenters. The van der Waals surface area contributed by atoms with Crippen molar-refractivity contribution in [2.24, 2.45) is 4.99 Å². The Kier molecular flexibility index (Phi) is 5.14. The molecule has 0 aliphatic carbocycles. The molecule has 0 spiro atoms. The Morgan fingerprint density at radius 1 is 1.30 bits per heavy atom. The predicted octanol–water partition coefficient (Wildman–Crippen LogP) is 3.46. The van der Waals surface area contributed by atoms with Crippen molar-refractivity contribution in [1.82, 2.24) is 0 Å². The third-order valence-corrected chi connectivity index (χ3v) is 3.05. The molecule has 1 N–H and O–H groups in total. The average Bonchev–Trinajstić information content (AvgIpc) is 2.55. The van der Waals surface area contributed by atoms with Crippen molar-refractivity contribution in [3.8, 4) is 17.2 Å². The number of aromatic hydroxyl groups is 1. The molecule has 0 heterocycles. The van der Waals surface area contributed by atoms with Crippen LogP contribution in [0.3, 0.4) is 0 Å². The molecule has 0 saturated carbocycles. The molecule has 0 fully saturated rings. The van der Waals surface area contributed by atoms with Gasteiger partial charge in [-0.15, -0.1) is 0 Å². The molecule has 7 nitrogen and oxygen atoms in total. The van der Waals surface area contributed by atoms with E-state index in [4.69, 9.17) is 9.47 Å². The summed E-state index contributed by atoms with van der Waals surface area (Å²) in [5.74, 6) is 0.706. The summed E-state index contributed by atoms with van der Waals surface area (Å²) in [7, 11) is 1.45. The fourth-order valence-corrected chi connectivity index (χ4v) is 1.95. The number of ether oxygens (including phenoxy) is 2. The number of phenols is 1. The normalized spacial score (nSPS) is 10.7. The second-order valence-electron chi connectivity index (χ2n) is 4.50. The number of nitrogens with zero attached hydrogens (tertiary/aromatic N) is 2. The standard InChI is InChI=1S/C16H16N2O5/c1-3-23-15-6-4-5-11(16(15)19)10-17-13-9-12(18(20)21)7-8-14(13)22-2/h4-10,19H,3H2,1-2H3. The third-order valence-electron chi connectivity index (χ3n) is 3.05. The zero-order chi connectivity index (χ0) is 16.8. The van der Waals surface area contributed by atoms with E-state index < -0.39 is 4.92 Å². The van der Waals surface area contributed by atoms with Crippen molar-refractivity contribution in [3.05, 3.63) is 52.1 Å². The Bertz CT molecular complexity index is 743. The molecule has 0 atom stereocenters. The lowest BCUT2D eigenvalue weighted by molar-refractivity contribution is -0.384. The van der Waals surface area contributed by atoms with Crippen molar-refractivity contribution >= 4 is 17.6 Å². The molecular formula is C16H16N2O5. The van der Waals surface area contributed by atoms with Crippen molar-refractivity contribution in [1.29, 1.82) is 0 Å². The van der Waals surface area contributed by atoms with Crippen LogP contribution >= 0.6 is 0 Å². The summed E-state index contributed by atoms with van der Waals surface area (Å²) < 4.78 is 10.4. The van der Waals surface area contributed by atoms with Crippen molar-refractivity contribution in [2.75, 3.05) is 13.7 Å². The first kappa shape index (κ1) is 16.3. The molecule has 120 valence electrons. The highest BCUT2D eigenvalue weighted by molar-refractivity contribution is 5.87. The quantitative estimate of drug-likeness (QED) is 0.500. The maximum atomic E-state index is 10.9. The van der Waals surface area contributed by atoms with Crippen LogP contribution in [0.2, 0.25) is 0 Å². The highest BCUT2D eigenvalue weighted by Gasteiger charge is 2.11. The van der Waals surface area contributed by atoms with Crippen LogP contribution in [-0.4, -0.2) is 30.0 Å². The van der Waals surface area contributed by atoms with Gasteiger partial charge >= 0.3 is 0 Å². The van der Waals surface area contributed by atoms with Gasteiger partial charge in [0, 0.05) is 23.9 Å². The fraction of sp³-hybridized carbons (Fsp3) is 0.188. The molecule has 0 bridgehead atoms. The van der Waals surface area contributed by atoms with Crippen LogP contribution in [0.4, 0.5) is 11.4 Å². The summed E-state index contributed by atoms with van der Waals surface area (Å²) in [4.78, 5) is 14.5. The van der Waals surface area contributed by atoms with Crippen molar-refractivity contribution < 1.29 is 19.5 Å². The van der Waals surface area contributed by atoms with Crippen molar-refractivity contribution in [3.63, 3.8) is 0 Å². The summed E-state index contributed by atoms with van der Waals surface area (Å²) in [6, 6.07) is 9.14. The molecule has 2 aromatic carbocycles. The molecule has 23 heavy (non-hydrogen) atoms. The van der Waals surface area contributed by atoms with Crippen LogP contribution in [0.25, 0.3) is 0 Å². The van der Waals surface area contributed by atoms with Crippen molar-refractivity contribution in [2.45, 2.75) is 6.92 Å². The number of phenolic OH excluding ortho intramolecular Hbond substituents is 1. The Labute approximate surface area is 133 Å². The van der Waals surface area contributed by atoms with E-state index in [1.54, 1.807) is 18.2 Å². The SMILES string of the molecule is CCOc1cccc(C=Nc2cc([N+](=O)[O-])ccc2OC)c1O. The van der Waals surface area contributed by atoms with Crippen LogP contribution < -0.4 is 9.47 Å². The first-order chi connectivity index (χ1) is 11.1. The number of hydrogen-bond donors (Lipinski definition) is 1. The average molecular weight is 316 g/mol. The summed E-state index contributed by atoms with van der Waals surface area (Å²) >= 11 is 0. The van der Waals surface area contributed by atoms with Gasteiger partial charge in [-0.3, -0.25) is 15.1 Å². The number of methoxy groups -OCH3 is 1. The number of aliphatic imine (C=N–C) groups is 1. The van der Waals surface area contributed by atoms with Gasteiger partial charge in [-0.05, 0) is 25.1 Å². The van der Waals surface area contributed by atoms with Gasteiger partial charge in [-0.1, -0.05) is 6.07 Å². The van der Waals surface area contributed by atoms with E-state index in [0.29, 0.717) is 29.4 Å². The van der Waals surface area contributed by atoms with Gasteiger partial charge in [0.05, 0.1) is 18.6 Å². The highest BCUT2D eigenvalue weighted by atomic mass is 16.6. The summed E-state index contributed by atoms with van der Waals surface area (Å²) in [6.45, 7) is 2.24. The lowest BCUT2D eigenvalue weighted by Gasteiger charge is -2.07. The minimum absolute atomic E-state index is 0.0394. The number of hydrogen-bond acceptors (Lipinski definition) is 6. The molecule has 0 aliphatic heterocycles. The second kappa shape index (κ2) is 7.26. The Hall–Kier alpha value is -3.09. The number of para-hydroxylation sites is 1. The lowest BCUT2D eigenvalue weighted by Crippen LogP contribution is -1.94. The van der Waals surface area contributed by atoms with E-state index >= 15 is 0 Å². The largest absolute Gasteiger partial charge is 0.504 e. The minimum Gasteiger partial charge on any atom is -0.504 e. The van der Waals surface area contributed by atoms with E-state index in [-0.39, 0.29) is 11.4 Å². The Morgan fingerprint density at radius 3 is 2.74 bits per heavy atom. The molecule has 7 heteroatoms. The maximum absolute atomic E-state index is 10.9. The molecular weight excluding hydrogens is 300 g/mol. The van der Waals surface area contributed by atoms with Gasteiger partial charge in [-0.2, -0.15) is 0 Å². The number of nitro benzene ring substituents is 1. The van der Waals surface area contributed by atoms with Crippen LogP contribution in [0.15, 0.2) is 41.4 Å². The molecule has 0 amide bonds. The highest BCUT2D eigenvalue weighted by Crippen LogP contribution is 2.33. The Morgan fingerprint density at radius 2 is 2.09 bits per heavy atom. The van der Waals surface area contributed by atoms with Crippen LogP contribution in [0.1, 0.15) is 12.5 Å². The smallest absolute Gasteiger partial charge is 0.271 e. The molecule has 2 aromatic rings. The van der Waals surface area contributed by atoms with Crippen LogP contribution in [-0.2, 0) is 0 Å². The number of non-ortho nitro benzene ring substituents is 1. The van der Waals surface area contributed by atoms with Gasteiger partial charge in [0.1, 0.15) is 11.4 Å². The molecule has 0 aromatic heterocycles. The molecule has 0 saturated heterocycles. The molecule has 0 radical (unpaired) electrons. The number of rotatable bonds is 6. The topological polar surface area (TPSA) is 94.2 Å². The van der Waals surface area contributed by atoms with E-state index in [9.17, 15) is 15.2 Å². The first-order valence-corrected chi connectivity index (χ1v) is 6.88. The van der Waals surface area contributed by atoms with Gasteiger partial charge in [0.25, 0.3) is 5.69 Å². The van der Waals surface area contributed by atoms with Gasteiger partial charge in [0.2, 0.25) is 0 Å². The van der Waals surface area contributed by atoms with Gasteiger partial charge in [-0.25, -0.2) is 0 Å². The Balaban J connectivity index is 2.38. The molecule has 0 aliphatic rings. The zero-order valence-corrected chi connectivity index (χ0v) is 12.7. The summed E-state index contributed by atoms with van der Waals surface area (Å²) in [5.41, 5.74) is 0.637. The van der Waals surface area contributed by atoms with Crippen LogP contribution in [0, 0.1) is 10.1 Å². The monoisotopic (exact) mass is 316 g/mol. The predicted molar refractivity (Wildman–Crippen MR) is 86.2 cm³/mol. The fourth-order valence-electron chi connectivity index (χ4n) is 1.95. The maximum Gasteiger partial charge on any atom is 0.271 e. The second-order valence-corrected chi connectivity index (χ2v) is 4.50. The summed E-state index contributed by atoms with van der Waals surface area (Å²) in [6.07, 6.45) is 1.40. The molecule has 2 rings (SSSR count). The summed E-state index contributed by atoms with van der Waals surface area (Å²) in [5, 5.41) is 21.0. The van der Waals surface area contributed by atoms with Gasteiger partial charge < -0.3 is 14.6 Å². The van der Waals surface area contributed by atoms with Crippen LogP contribution in [0.5, 0.6) is 17.2 Å².